The molecule has 0 radical (unpaired) electrons. The average Bonchev–Trinajstić information content (AvgIpc) is 2.28. The summed E-state index contributed by atoms with van der Waals surface area (Å²) in [5.74, 6) is 1.79. The van der Waals surface area contributed by atoms with E-state index in [-0.39, 0.29) is 11.5 Å². The van der Waals surface area contributed by atoms with Crippen molar-refractivity contribution in [2.24, 2.45) is 0 Å². The lowest BCUT2D eigenvalue weighted by Gasteiger charge is -2.31. The Morgan fingerprint density at radius 3 is 2.82 bits per heavy atom. The van der Waals surface area contributed by atoms with Crippen molar-refractivity contribution in [1.82, 2.24) is 9.97 Å². The minimum Gasteiger partial charge on any atom is -0.391 e. The van der Waals surface area contributed by atoms with Crippen LogP contribution in [0.2, 0.25) is 0 Å². The summed E-state index contributed by atoms with van der Waals surface area (Å²) < 4.78 is 0. The molecule has 0 bridgehead atoms. The molecule has 0 aliphatic carbocycles. The van der Waals surface area contributed by atoms with Crippen molar-refractivity contribution in [1.29, 1.82) is 0 Å². The van der Waals surface area contributed by atoms with Crippen molar-refractivity contribution < 1.29 is 5.11 Å². The fourth-order valence-electron chi connectivity index (χ4n) is 2.05. The molecule has 0 spiro atoms. The molecule has 1 fully saturated rings. The highest BCUT2D eigenvalue weighted by Gasteiger charge is 2.22. The van der Waals surface area contributed by atoms with E-state index in [4.69, 9.17) is 0 Å². The van der Waals surface area contributed by atoms with Gasteiger partial charge in [-0.05, 0) is 18.9 Å². The maximum absolute atomic E-state index is 9.69. The van der Waals surface area contributed by atoms with Crippen LogP contribution in [0.25, 0.3) is 0 Å². The molecular formula is C13H21N3O. The average molecular weight is 235 g/mol. The number of rotatable bonds is 1. The number of aliphatic hydroxyl groups excluding tert-OH is 1. The third-order valence-corrected chi connectivity index (χ3v) is 3.03. The normalized spacial score (nSPS) is 21.6. The van der Waals surface area contributed by atoms with Gasteiger partial charge in [-0.15, -0.1) is 0 Å². The Bertz CT molecular complexity index is 386. The van der Waals surface area contributed by atoms with E-state index < -0.39 is 0 Å². The van der Waals surface area contributed by atoms with Gasteiger partial charge in [-0.2, -0.15) is 0 Å². The van der Waals surface area contributed by atoms with Crippen LogP contribution in [0.4, 0.5) is 5.82 Å². The third kappa shape index (κ3) is 2.94. The van der Waals surface area contributed by atoms with E-state index in [1.54, 1.807) is 0 Å². The first-order valence-corrected chi connectivity index (χ1v) is 6.23. The summed E-state index contributed by atoms with van der Waals surface area (Å²) >= 11 is 0. The highest BCUT2D eigenvalue weighted by atomic mass is 16.3. The molecule has 1 atom stereocenters. The Morgan fingerprint density at radius 2 is 2.18 bits per heavy atom. The zero-order valence-electron chi connectivity index (χ0n) is 10.8. The molecule has 1 aromatic rings. The van der Waals surface area contributed by atoms with Gasteiger partial charge in [0.15, 0.2) is 0 Å². The lowest BCUT2D eigenvalue weighted by molar-refractivity contribution is 0.154. The summed E-state index contributed by atoms with van der Waals surface area (Å²) in [5.41, 5.74) is -0.0373. The van der Waals surface area contributed by atoms with Crippen molar-refractivity contribution in [2.75, 3.05) is 18.0 Å². The maximum Gasteiger partial charge on any atom is 0.135 e. The molecule has 17 heavy (non-hydrogen) atoms. The van der Waals surface area contributed by atoms with Gasteiger partial charge in [0.2, 0.25) is 0 Å². The van der Waals surface area contributed by atoms with Crippen molar-refractivity contribution in [3.8, 4) is 0 Å². The molecule has 1 N–H and O–H groups in total. The molecule has 0 saturated carbocycles. The summed E-state index contributed by atoms with van der Waals surface area (Å²) in [5, 5.41) is 9.69. The van der Waals surface area contributed by atoms with E-state index in [1.807, 2.05) is 12.3 Å². The number of nitrogens with zero attached hydrogens (tertiary/aromatic N) is 3. The smallest absolute Gasteiger partial charge is 0.135 e. The van der Waals surface area contributed by atoms with Gasteiger partial charge in [0.05, 0.1) is 6.10 Å². The van der Waals surface area contributed by atoms with Gasteiger partial charge in [-0.3, -0.25) is 0 Å². The van der Waals surface area contributed by atoms with Crippen LogP contribution in [-0.2, 0) is 5.41 Å². The molecule has 4 heteroatoms. The second-order valence-electron chi connectivity index (χ2n) is 5.73. The van der Waals surface area contributed by atoms with Gasteiger partial charge in [0.1, 0.15) is 11.6 Å². The molecule has 1 saturated heterocycles. The van der Waals surface area contributed by atoms with Crippen molar-refractivity contribution in [3.05, 3.63) is 18.1 Å². The Labute approximate surface area is 103 Å². The van der Waals surface area contributed by atoms with Gasteiger partial charge in [-0.1, -0.05) is 20.8 Å². The van der Waals surface area contributed by atoms with E-state index in [2.05, 4.69) is 35.6 Å². The molecule has 1 aliphatic rings. The maximum atomic E-state index is 9.69. The van der Waals surface area contributed by atoms with Crippen LogP contribution < -0.4 is 4.90 Å². The van der Waals surface area contributed by atoms with Gasteiger partial charge in [0, 0.05) is 24.7 Å². The predicted molar refractivity (Wildman–Crippen MR) is 68.2 cm³/mol. The van der Waals surface area contributed by atoms with Crippen molar-refractivity contribution in [3.63, 3.8) is 0 Å². The zero-order valence-corrected chi connectivity index (χ0v) is 10.8. The predicted octanol–water partition coefficient (Wildman–Crippen LogP) is 1.74. The number of hydrogen-bond acceptors (Lipinski definition) is 4. The highest BCUT2D eigenvalue weighted by molar-refractivity contribution is 5.38. The van der Waals surface area contributed by atoms with E-state index in [0.29, 0.717) is 6.54 Å². The molecular weight excluding hydrogens is 214 g/mol. The first kappa shape index (κ1) is 12.3. The molecule has 4 nitrogen and oxygen atoms in total. The summed E-state index contributed by atoms with van der Waals surface area (Å²) in [6, 6.07) is 1.92. The Hall–Kier alpha value is -1.16. The molecule has 2 rings (SSSR count). The second kappa shape index (κ2) is 4.61. The van der Waals surface area contributed by atoms with E-state index in [1.165, 1.54) is 0 Å². The van der Waals surface area contributed by atoms with Crippen LogP contribution in [0.5, 0.6) is 0 Å². The van der Waals surface area contributed by atoms with Crippen LogP contribution in [0, 0.1) is 0 Å². The SMILES string of the molecule is CC(C)(C)c1nccc(N2CCCC(O)C2)n1. The Morgan fingerprint density at radius 1 is 1.41 bits per heavy atom. The standard InChI is InChI=1S/C13H21N3O/c1-13(2,3)12-14-7-6-11(15-12)16-8-4-5-10(17)9-16/h6-7,10,17H,4-5,8-9H2,1-3H3. The van der Waals surface area contributed by atoms with Crippen LogP contribution in [-0.4, -0.2) is 34.3 Å². The molecule has 94 valence electrons. The lowest BCUT2D eigenvalue weighted by Crippen LogP contribution is -2.39. The highest BCUT2D eigenvalue weighted by Crippen LogP contribution is 2.22. The topological polar surface area (TPSA) is 49.2 Å². The first-order chi connectivity index (χ1) is 7.97. The van der Waals surface area contributed by atoms with Gasteiger partial charge < -0.3 is 10.0 Å². The van der Waals surface area contributed by atoms with Crippen LogP contribution in [0.1, 0.15) is 39.4 Å². The number of piperidine rings is 1. The van der Waals surface area contributed by atoms with Gasteiger partial charge in [-0.25, -0.2) is 9.97 Å². The Kier molecular flexibility index (Phi) is 3.33. The summed E-state index contributed by atoms with van der Waals surface area (Å²) in [7, 11) is 0. The molecule has 1 aromatic heterocycles. The zero-order chi connectivity index (χ0) is 12.5. The quantitative estimate of drug-likeness (QED) is 0.805. The van der Waals surface area contributed by atoms with Crippen molar-refractivity contribution >= 4 is 5.82 Å². The molecule has 0 aromatic carbocycles. The van der Waals surface area contributed by atoms with Crippen LogP contribution in [0.15, 0.2) is 12.3 Å². The fraction of sp³-hybridized carbons (Fsp3) is 0.692. The first-order valence-electron chi connectivity index (χ1n) is 6.23. The molecule has 0 amide bonds. The van der Waals surface area contributed by atoms with Crippen LogP contribution >= 0.6 is 0 Å². The number of anilines is 1. The van der Waals surface area contributed by atoms with E-state index in [0.717, 1.165) is 31.0 Å². The fourth-order valence-corrected chi connectivity index (χ4v) is 2.05. The molecule has 2 heterocycles. The summed E-state index contributed by atoms with van der Waals surface area (Å²) in [6.07, 6.45) is 3.50. The van der Waals surface area contributed by atoms with Crippen molar-refractivity contribution in [2.45, 2.75) is 45.1 Å². The molecule has 1 unspecified atom stereocenters. The van der Waals surface area contributed by atoms with E-state index in [9.17, 15) is 5.11 Å². The minimum absolute atomic E-state index is 0.0373. The number of aliphatic hydroxyl groups is 1. The lowest BCUT2D eigenvalue weighted by atomic mass is 9.96. The van der Waals surface area contributed by atoms with Gasteiger partial charge in [0.25, 0.3) is 0 Å². The monoisotopic (exact) mass is 235 g/mol. The number of β-amino-alcohol motifs (C(OH)–C–C–N with tert-alkyl or cyclic N) is 1. The largest absolute Gasteiger partial charge is 0.391 e. The number of hydrogen-bond donors (Lipinski definition) is 1. The Balaban J connectivity index is 2.21. The van der Waals surface area contributed by atoms with E-state index >= 15 is 0 Å². The summed E-state index contributed by atoms with van der Waals surface area (Å²) in [4.78, 5) is 11.1. The number of aromatic nitrogens is 2. The minimum atomic E-state index is -0.225. The second-order valence-corrected chi connectivity index (χ2v) is 5.73. The molecule has 1 aliphatic heterocycles. The van der Waals surface area contributed by atoms with Crippen LogP contribution in [0.3, 0.4) is 0 Å². The third-order valence-electron chi connectivity index (χ3n) is 3.03. The summed E-state index contributed by atoms with van der Waals surface area (Å²) in [6.45, 7) is 7.98. The van der Waals surface area contributed by atoms with Gasteiger partial charge >= 0.3 is 0 Å².